The maximum absolute atomic E-state index is 12.6. The zero-order valence-electron chi connectivity index (χ0n) is 24.7. The van der Waals surface area contributed by atoms with Crippen molar-refractivity contribution in [3.63, 3.8) is 0 Å². The lowest BCUT2D eigenvalue weighted by molar-refractivity contribution is -0.139. The fourth-order valence-electron chi connectivity index (χ4n) is 4.39. The molecule has 4 rings (SSSR count). The molecule has 1 aliphatic rings. The number of ether oxygens (including phenoxy) is 4. The topological polar surface area (TPSA) is 160 Å². The van der Waals surface area contributed by atoms with E-state index in [1.165, 1.54) is 13.3 Å². The number of carbonyl (C=O) groups is 3. The van der Waals surface area contributed by atoms with Crippen LogP contribution in [0.4, 0.5) is 4.79 Å². The fraction of sp³-hybridized carbons (Fsp3) is 0.219. The average molecular weight is 677 g/mol. The lowest BCUT2D eigenvalue weighted by atomic mass is 9.95. The number of rotatable bonds is 12. The third-order valence-electron chi connectivity index (χ3n) is 6.52. The number of urea groups is 1. The number of methoxy groups -OCH3 is 1. The molecule has 232 valence electrons. The lowest BCUT2D eigenvalue weighted by Crippen LogP contribution is -2.45. The molecule has 1 atom stereocenters. The second kappa shape index (κ2) is 15.4. The molecule has 0 aromatic heterocycles. The summed E-state index contributed by atoms with van der Waals surface area (Å²) in [6.07, 6.45) is 1.47. The number of nitriles is 1. The summed E-state index contributed by atoms with van der Waals surface area (Å²) in [6.45, 7) is 3.38. The van der Waals surface area contributed by atoms with E-state index in [0.29, 0.717) is 38.4 Å². The first-order chi connectivity index (χ1) is 21.7. The molecule has 0 saturated carbocycles. The number of allylic oxidation sites excluding steroid dienone is 1. The normalized spacial score (nSPS) is 14.2. The van der Waals surface area contributed by atoms with E-state index in [1.807, 2.05) is 12.1 Å². The molecule has 0 radical (unpaired) electrons. The monoisotopic (exact) mass is 675 g/mol. The highest BCUT2D eigenvalue weighted by atomic mass is 79.9. The predicted molar refractivity (Wildman–Crippen MR) is 168 cm³/mol. The summed E-state index contributed by atoms with van der Waals surface area (Å²) in [5.41, 5.74) is 5.64. The van der Waals surface area contributed by atoms with Crippen molar-refractivity contribution in [2.75, 3.05) is 20.3 Å². The Balaban J connectivity index is 1.34. The predicted octanol–water partition coefficient (Wildman–Crippen LogP) is 4.63. The van der Waals surface area contributed by atoms with Gasteiger partial charge in [0.05, 0.1) is 47.7 Å². The van der Waals surface area contributed by atoms with Gasteiger partial charge in [-0.15, -0.1) is 0 Å². The number of amides is 3. The zero-order chi connectivity index (χ0) is 32.3. The molecule has 0 saturated heterocycles. The minimum absolute atomic E-state index is 0.179. The average Bonchev–Trinajstić information content (AvgIpc) is 3.03. The number of hydrogen-bond donors (Lipinski definition) is 3. The summed E-state index contributed by atoms with van der Waals surface area (Å²) < 4.78 is 22.8. The third-order valence-corrected chi connectivity index (χ3v) is 7.14. The van der Waals surface area contributed by atoms with Gasteiger partial charge in [0.15, 0.2) is 18.1 Å². The first-order valence-electron chi connectivity index (χ1n) is 13.7. The van der Waals surface area contributed by atoms with Crippen molar-refractivity contribution in [2.24, 2.45) is 5.10 Å². The molecule has 3 aromatic carbocycles. The number of carbonyl (C=O) groups excluding carboxylic acids is 3. The van der Waals surface area contributed by atoms with Crippen LogP contribution in [0.15, 0.2) is 81.5 Å². The van der Waals surface area contributed by atoms with Crippen LogP contribution in [0.25, 0.3) is 0 Å². The van der Waals surface area contributed by atoms with Gasteiger partial charge in [-0.05, 0) is 77.3 Å². The zero-order valence-corrected chi connectivity index (χ0v) is 26.3. The Morgan fingerprint density at radius 1 is 1.09 bits per heavy atom. The second-order valence-electron chi connectivity index (χ2n) is 9.53. The summed E-state index contributed by atoms with van der Waals surface area (Å²) in [5, 5.41) is 18.5. The second-order valence-corrected chi connectivity index (χ2v) is 10.4. The number of nitrogens with zero attached hydrogens (tertiary/aromatic N) is 2. The van der Waals surface area contributed by atoms with Crippen molar-refractivity contribution in [2.45, 2.75) is 26.5 Å². The number of hydrazone groups is 1. The summed E-state index contributed by atoms with van der Waals surface area (Å²) in [6, 6.07) is 18.3. The molecule has 45 heavy (non-hydrogen) atoms. The van der Waals surface area contributed by atoms with Crippen molar-refractivity contribution >= 4 is 40.1 Å². The van der Waals surface area contributed by atoms with Crippen LogP contribution < -0.4 is 30.3 Å². The van der Waals surface area contributed by atoms with Gasteiger partial charge in [-0.25, -0.2) is 15.0 Å². The number of halogens is 1. The Hall–Kier alpha value is -5.35. The molecule has 13 heteroatoms. The molecule has 1 aliphatic heterocycles. The first-order valence-corrected chi connectivity index (χ1v) is 14.5. The first kappa shape index (κ1) is 32.6. The Morgan fingerprint density at radius 2 is 1.87 bits per heavy atom. The van der Waals surface area contributed by atoms with Crippen LogP contribution in [0.1, 0.15) is 42.1 Å². The van der Waals surface area contributed by atoms with Crippen molar-refractivity contribution in [3.05, 3.63) is 98.7 Å². The standard InChI is InChI=1S/C32H30BrN5O7/c1-4-43-31(40)29-19(2)36-32(41)37-30(29)21-10-12-26(27(14-21)42-3)45-18-28(39)38-35-16-20-9-11-25(24(33)13-20)44-17-23-8-6-5-7-22(23)15-34/h5-14,16,30H,4,17-18H2,1-3H3,(H,38,39)(H2,36,37,41)/b35-16-/t30-/m0/s1. The van der Waals surface area contributed by atoms with E-state index in [0.717, 1.165) is 5.56 Å². The highest BCUT2D eigenvalue weighted by Gasteiger charge is 2.32. The maximum atomic E-state index is 12.6. The highest BCUT2D eigenvalue weighted by Crippen LogP contribution is 2.34. The molecule has 12 nitrogen and oxygen atoms in total. The Kier molecular flexibility index (Phi) is 11.1. The number of benzene rings is 3. The molecular formula is C32H30BrN5O7. The van der Waals surface area contributed by atoms with E-state index in [1.54, 1.807) is 62.4 Å². The van der Waals surface area contributed by atoms with E-state index in [4.69, 9.17) is 18.9 Å². The van der Waals surface area contributed by atoms with Crippen LogP contribution in [0.3, 0.4) is 0 Å². The van der Waals surface area contributed by atoms with Gasteiger partial charge in [0.2, 0.25) is 0 Å². The fourth-order valence-corrected chi connectivity index (χ4v) is 4.90. The SMILES string of the molecule is CCOC(=O)C1=C(C)NC(=O)N[C@H]1c1ccc(OCC(=O)N/N=C\c2ccc(OCc3ccccc3C#N)c(Br)c2)c(OC)c1. The van der Waals surface area contributed by atoms with Crippen LogP contribution in [0.2, 0.25) is 0 Å². The van der Waals surface area contributed by atoms with Crippen LogP contribution in [0, 0.1) is 11.3 Å². The molecular weight excluding hydrogens is 646 g/mol. The molecule has 3 aromatic rings. The molecule has 3 N–H and O–H groups in total. The van der Waals surface area contributed by atoms with Gasteiger partial charge >= 0.3 is 12.0 Å². The van der Waals surface area contributed by atoms with Crippen LogP contribution in [0.5, 0.6) is 17.2 Å². The van der Waals surface area contributed by atoms with Gasteiger partial charge in [-0.1, -0.05) is 24.3 Å². The van der Waals surface area contributed by atoms with Crippen molar-refractivity contribution < 1.29 is 33.3 Å². The molecule has 0 unspecified atom stereocenters. The molecule has 0 fully saturated rings. The van der Waals surface area contributed by atoms with E-state index in [-0.39, 0.29) is 31.1 Å². The summed E-state index contributed by atoms with van der Waals surface area (Å²) in [5.74, 6) is 0.0832. The van der Waals surface area contributed by atoms with Gasteiger partial charge in [0, 0.05) is 11.3 Å². The van der Waals surface area contributed by atoms with Crippen LogP contribution >= 0.6 is 15.9 Å². The molecule has 0 aliphatic carbocycles. The Labute approximate surface area is 268 Å². The largest absolute Gasteiger partial charge is 0.493 e. The van der Waals surface area contributed by atoms with E-state index >= 15 is 0 Å². The smallest absolute Gasteiger partial charge is 0.338 e. The third kappa shape index (κ3) is 8.39. The van der Waals surface area contributed by atoms with Crippen molar-refractivity contribution in [1.29, 1.82) is 5.26 Å². The minimum Gasteiger partial charge on any atom is -0.493 e. The van der Waals surface area contributed by atoms with Gasteiger partial charge in [-0.2, -0.15) is 10.4 Å². The van der Waals surface area contributed by atoms with E-state index < -0.39 is 23.9 Å². The van der Waals surface area contributed by atoms with E-state index in [9.17, 15) is 19.6 Å². The Bertz CT molecular complexity index is 1700. The van der Waals surface area contributed by atoms with Gasteiger partial charge in [-0.3, -0.25) is 4.79 Å². The summed E-state index contributed by atoms with van der Waals surface area (Å²) >= 11 is 3.47. The van der Waals surface area contributed by atoms with Crippen LogP contribution in [-0.4, -0.2) is 44.4 Å². The van der Waals surface area contributed by atoms with Gasteiger partial charge in [0.1, 0.15) is 12.4 Å². The molecule has 0 bridgehead atoms. The number of nitrogens with one attached hydrogen (secondary N) is 3. The quantitative estimate of drug-likeness (QED) is 0.142. The molecule has 0 spiro atoms. The molecule has 3 amide bonds. The number of esters is 1. The summed E-state index contributed by atoms with van der Waals surface area (Å²) in [4.78, 5) is 37.2. The minimum atomic E-state index is -0.778. The number of hydrogen-bond acceptors (Lipinski definition) is 9. The van der Waals surface area contributed by atoms with E-state index in [2.05, 4.69) is 43.2 Å². The maximum Gasteiger partial charge on any atom is 0.338 e. The summed E-state index contributed by atoms with van der Waals surface area (Å²) in [7, 11) is 1.43. The van der Waals surface area contributed by atoms with Crippen molar-refractivity contribution in [3.8, 4) is 23.3 Å². The lowest BCUT2D eigenvalue weighted by Gasteiger charge is -2.28. The van der Waals surface area contributed by atoms with Gasteiger partial charge in [0.25, 0.3) is 5.91 Å². The van der Waals surface area contributed by atoms with Crippen molar-refractivity contribution in [1.82, 2.24) is 16.1 Å². The van der Waals surface area contributed by atoms with Gasteiger partial charge < -0.3 is 29.6 Å². The Morgan fingerprint density at radius 3 is 2.60 bits per heavy atom. The molecule has 1 heterocycles. The highest BCUT2D eigenvalue weighted by molar-refractivity contribution is 9.10. The van der Waals surface area contributed by atoms with Crippen LogP contribution in [-0.2, 0) is 20.9 Å².